The molecular formula is C32H30FNO4. The highest BCUT2D eigenvalue weighted by molar-refractivity contribution is 6.12. The minimum absolute atomic E-state index is 0.189. The van der Waals surface area contributed by atoms with E-state index in [0.29, 0.717) is 46.6 Å². The lowest BCUT2D eigenvalue weighted by molar-refractivity contribution is -0.103. The molecule has 3 aliphatic carbocycles. The van der Waals surface area contributed by atoms with Crippen LogP contribution in [-0.4, -0.2) is 25.3 Å². The Kier molecular flexibility index (Phi) is 5.86. The molecule has 2 bridgehead atoms. The zero-order valence-electron chi connectivity index (χ0n) is 21.8. The molecule has 5 nitrogen and oxygen atoms in total. The molecule has 4 aromatic rings. The number of hydrogen-bond donors (Lipinski definition) is 1. The van der Waals surface area contributed by atoms with Gasteiger partial charge in [-0.1, -0.05) is 12.1 Å². The molecule has 1 N–H and O–H groups in total. The van der Waals surface area contributed by atoms with Crippen molar-refractivity contribution in [2.24, 2.45) is 11.3 Å². The topological polar surface area (TPSA) is 68.5 Å². The van der Waals surface area contributed by atoms with Gasteiger partial charge in [-0.25, -0.2) is 4.39 Å². The highest BCUT2D eigenvalue weighted by Crippen LogP contribution is 2.66. The Bertz CT molecular complexity index is 1570. The predicted molar refractivity (Wildman–Crippen MR) is 145 cm³/mol. The van der Waals surface area contributed by atoms with Gasteiger partial charge in [0, 0.05) is 41.6 Å². The minimum Gasteiger partial charge on any atom is -0.493 e. The summed E-state index contributed by atoms with van der Waals surface area (Å²) >= 11 is 0. The highest BCUT2D eigenvalue weighted by atomic mass is 19.1. The number of amides is 1. The van der Waals surface area contributed by atoms with Gasteiger partial charge in [0.2, 0.25) is 0 Å². The molecule has 0 spiro atoms. The quantitative estimate of drug-likeness (QED) is 0.251. The second-order valence-corrected chi connectivity index (χ2v) is 10.8. The van der Waals surface area contributed by atoms with Crippen LogP contribution in [0.4, 0.5) is 4.39 Å². The van der Waals surface area contributed by atoms with E-state index in [0.717, 1.165) is 28.2 Å². The van der Waals surface area contributed by atoms with E-state index >= 15 is 0 Å². The summed E-state index contributed by atoms with van der Waals surface area (Å²) in [6.45, 7) is 4.32. The number of carbonyl (C=O) groups is 2. The van der Waals surface area contributed by atoms with E-state index in [-0.39, 0.29) is 22.9 Å². The van der Waals surface area contributed by atoms with Crippen LogP contribution < -0.4 is 10.1 Å². The lowest BCUT2D eigenvalue weighted by Crippen LogP contribution is -2.52. The van der Waals surface area contributed by atoms with Crippen molar-refractivity contribution in [2.45, 2.75) is 39.5 Å². The molecule has 194 valence electrons. The van der Waals surface area contributed by atoms with Crippen molar-refractivity contribution < 1.29 is 23.1 Å². The van der Waals surface area contributed by atoms with Gasteiger partial charge in [0.25, 0.3) is 5.91 Å². The Morgan fingerprint density at radius 2 is 1.76 bits per heavy atom. The van der Waals surface area contributed by atoms with Crippen molar-refractivity contribution in [2.75, 3.05) is 13.7 Å². The van der Waals surface area contributed by atoms with Gasteiger partial charge in [-0.05, 0) is 92.0 Å². The molecule has 1 aromatic heterocycles. The number of furan rings is 1. The summed E-state index contributed by atoms with van der Waals surface area (Å²) in [6.07, 6.45) is 4.15. The van der Waals surface area contributed by atoms with Crippen molar-refractivity contribution in [1.82, 2.24) is 5.32 Å². The summed E-state index contributed by atoms with van der Waals surface area (Å²) in [6, 6.07) is 15.4. The number of ether oxygens (including phenoxy) is 1. The van der Waals surface area contributed by atoms with E-state index in [1.54, 1.807) is 25.2 Å². The molecule has 0 atom stereocenters. The normalized spacial score (nSPS) is 19.5. The average Bonchev–Trinajstić information content (AvgIpc) is 3.23. The summed E-state index contributed by atoms with van der Waals surface area (Å²) in [5, 5.41) is 3.31. The zero-order valence-corrected chi connectivity index (χ0v) is 21.8. The fourth-order valence-electron chi connectivity index (χ4n) is 6.18. The Balaban J connectivity index is 1.48. The van der Waals surface area contributed by atoms with Gasteiger partial charge in [0.05, 0.1) is 12.2 Å². The zero-order chi connectivity index (χ0) is 26.6. The summed E-state index contributed by atoms with van der Waals surface area (Å²) in [4.78, 5) is 26.4. The van der Waals surface area contributed by atoms with Gasteiger partial charge in [-0.2, -0.15) is 0 Å². The number of hydrogen-bond acceptors (Lipinski definition) is 4. The van der Waals surface area contributed by atoms with Gasteiger partial charge < -0.3 is 14.5 Å². The van der Waals surface area contributed by atoms with E-state index < -0.39 is 0 Å². The van der Waals surface area contributed by atoms with Crippen LogP contribution in [0, 0.1) is 24.1 Å². The fraction of sp³-hybridized carbons (Fsp3) is 0.312. The summed E-state index contributed by atoms with van der Waals surface area (Å²) in [5.41, 5.74) is 4.99. The molecule has 38 heavy (non-hydrogen) atoms. The van der Waals surface area contributed by atoms with Crippen LogP contribution in [-0.2, 0) is 0 Å². The van der Waals surface area contributed by atoms with E-state index in [1.165, 1.54) is 31.4 Å². The van der Waals surface area contributed by atoms with Crippen LogP contribution in [0.15, 0.2) is 59.0 Å². The average molecular weight is 512 g/mol. The third-order valence-corrected chi connectivity index (χ3v) is 8.20. The van der Waals surface area contributed by atoms with Crippen LogP contribution in [0.1, 0.15) is 58.9 Å². The monoisotopic (exact) mass is 511 g/mol. The molecule has 3 fully saturated rings. The lowest BCUT2D eigenvalue weighted by Gasteiger charge is -2.62. The second kappa shape index (κ2) is 9.12. The highest BCUT2D eigenvalue weighted by Gasteiger charge is 2.56. The van der Waals surface area contributed by atoms with Gasteiger partial charge in [0.15, 0.2) is 5.78 Å². The minimum atomic E-state index is -0.369. The maximum Gasteiger partial charge on any atom is 0.255 e. The van der Waals surface area contributed by atoms with Crippen LogP contribution >= 0.6 is 0 Å². The molecule has 0 aliphatic heterocycles. The number of aryl methyl sites for hydroxylation is 1. The summed E-state index contributed by atoms with van der Waals surface area (Å²) in [7, 11) is 1.56. The number of nitrogens with one attached hydrogen (secondary N) is 1. The molecule has 1 heterocycles. The Hall–Kier alpha value is -3.93. The maximum atomic E-state index is 13.6. The van der Waals surface area contributed by atoms with Crippen molar-refractivity contribution in [1.29, 1.82) is 0 Å². The smallest absolute Gasteiger partial charge is 0.255 e. The maximum absolute atomic E-state index is 13.6. The molecular weight excluding hydrogens is 481 g/mol. The first-order valence-electron chi connectivity index (χ1n) is 13.2. The van der Waals surface area contributed by atoms with Gasteiger partial charge >= 0.3 is 0 Å². The molecule has 0 unspecified atom stereocenters. The first kappa shape index (κ1) is 24.4. The first-order chi connectivity index (χ1) is 18.3. The van der Waals surface area contributed by atoms with Crippen molar-refractivity contribution in [3.63, 3.8) is 0 Å². The van der Waals surface area contributed by atoms with Crippen LogP contribution in [0.2, 0.25) is 0 Å². The van der Waals surface area contributed by atoms with E-state index in [2.05, 4.69) is 5.32 Å². The summed E-state index contributed by atoms with van der Waals surface area (Å²) in [5.74, 6) is 1.30. The van der Waals surface area contributed by atoms with Crippen molar-refractivity contribution in [3.8, 4) is 28.2 Å². The molecule has 3 saturated carbocycles. The standard InChI is InChI=1S/C32H30FNO4/c1-4-37-27-13-28-25(29(31(36)34-3)30(38-28)20-7-9-22(33)10-8-20)12-24(27)21-6-5-18(2)23(11-21)26(35)17-32-14-19(15-32)16-32/h5-13,19H,4,14-17H2,1-3H3,(H,34,36). The number of ketones is 1. The fourth-order valence-corrected chi connectivity index (χ4v) is 6.18. The largest absolute Gasteiger partial charge is 0.493 e. The third-order valence-electron chi connectivity index (χ3n) is 8.20. The Labute approximate surface area is 221 Å². The second-order valence-electron chi connectivity index (χ2n) is 10.8. The van der Waals surface area contributed by atoms with E-state index in [4.69, 9.17) is 9.15 Å². The van der Waals surface area contributed by atoms with Crippen LogP contribution in [0.3, 0.4) is 0 Å². The third kappa shape index (κ3) is 3.99. The van der Waals surface area contributed by atoms with Crippen molar-refractivity contribution >= 4 is 22.7 Å². The van der Waals surface area contributed by atoms with Gasteiger partial charge in [-0.15, -0.1) is 0 Å². The molecule has 3 aromatic carbocycles. The number of fused-ring (bicyclic) bond motifs is 1. The molecule has 3 aliphatic rings. The van der Waals surface area contributed by atoms with Gasteiger partial charge in [-0.3, -0.25) is 9.59 Å². The number of rotatable bonds is 8. The Morgan fingerprint density at radius 1 is 1.05 bits per heavy atom. The molecule has 1 amide bonds. The van der Waals surface area contributed by atoms with Crippen LogP contribution in [0.25, 0.3) is 33.4 Å². The predicted octanol–water partition coefficient (Wildman–Crippen LogP) is 7.35. The molecule has 0 saturated heterocycles. The van der Waals surface area contributed by atoms with Crippen LogP contribution in [0.5, 0.6) is 5.75 Å². The van der Waals surface area contributed by atoms with Gasteiger partial charge in [0.1, 0.15) is 22.9 Å². The molecule has 0 radical (unpaired) electrons. The first-order valence-corrected chi connectivity index (χ1v) is 13.2. The van der Waals surface area contributed by atoms with E-state index in [9.17, 15) is 14.0 Å². The summed E-state index contributed by atoms with van der Waals surface area (Å²) < 4.78 is 25.8. The molecule has 7 rings (SSSR count). The number of benzene rings is 3. The number of halogens is 1. The van der Waals surface area contributed by atoms with E-state index in [1.807, 2.05) is 38.1 Å². The molecule has 6 heteroatoms. The Morgan fingerprint density at radius 3 is 2.39 bits per heavy atom. The number of Topliss-reactive ketones (excluding diaryl/α,β-unsaturated/α-hetero) is 1. The SMILES string of the molecule is CCOc1cc2oc(-c3ccc(F)cc3)c(C(=O)NC)c2cc1-c1ccc(C)c(C(=O)CC23CC(C2)C3)c1. The van der Waals surface area contributed by atoms with Crippen molar-refractivity contribution in [3.05, 3.63) is 77.1 Å². The number of carbonyl (C=O) groups excluding carboxylic acids is 2. The lowest BCUT2D eigenvalue weighted by atomic mass is 9.43.